The van der Waals surface area contributed by atoms with E-state index in [1.807, 2.05) is 39.9 Å². The normalized spacial score (nSPS) is 14.8. The van der Waals surface area contributed by atoms with Crippen LogP contribution in [0.4, 0.5) is 0 Å². The highest BCUT2D eigenvalue weighted by molar-refractivity contribution is 5.95. The Morgan fingerprint density at radius 2 is 1.67 bits per heavy atom. The summed E-state index contributed by atoms with van der Waals surface area (Å²) in [4.78, 5) is 32.9. The monoisotopic (exact) mass is 364 g/mol. The average Bonchev–Trinajstić information content (AvgIpc) is 3.38. The van der Waals surface area contributed by atoms with Gasteiger partial charge >= 0.3 is 0 Å². The van der Waals surface area contributed by atoms with E-state index in [0.29, 0.717) is 37.5 Å². The van der Waals surface area contributed by atoms with Crippen molar-refractivity contribution < 1.29 is 14.0 Å². The van der Waals surface area contributed by atoms with Crippen molar-refractivity contribution in [2.75, 3.05) is 26.2 Å². The molecule has 1 saturated heterocycles. The van der Waals surface area contributed by atoms with Gasteiger partial charge < -0.3 is 18.8 Å². The standard InChI is InChI=1S/C20H20N4O3/c25-19(16-4-6-17(7-5-16)24-11-8-21-15-24)22-9-2-10-23(13-12-22)20(26)18-3-1-14-27-18/h1,3-8,11,14-15H,2,9-10,12-13H2. The summed E-state index contributed by atoms with van der Waals surface area (Å²) < 4.78 is 7.08. The number of amides is 2. The highest BCUT2D eigenvalue weighted by atomic mass is 16.3. The van der Waals surface area contributed by atoms with Crippen molar-refractivity contribution >= 4 is 11.8 Å². The fourth-order valence-corrected chi connectivity index (χ4v) is 3.25. The van der Waals surface area contributed by atoms with E-state index in [0.717, 1.165) is 12.1 Å². The number of imidazole rings is 1. The van der Waals surface area contributed by atoms with Gasteiger partial charge in [0.05, 0.1) is 12.6 Å². The van der Waals surface area contributed by atoms with E-state index in [1.165, 1.54) is 6.26 Å². The van der Waals surface area contributed by atoms with Crippen LogP contribution in [0, 0.1) is 0 Å². The molecule has 0 spiro atoms. The Bertz CT molecular complexity index is 901. The van der Waals surface area contributed by atoms with E-state index in [9.17, 15) is 9.59 Å². The van der Waals surface area contributed by atoms with Crippen LogP contribution in [-0.4, -0.2) is 57.3 Å². The lowest BCUT2D eigenvalue weighted by Crippen LogP contribution is -2.37. The smallest absolute Gasteiger partial charge is 0.289 e. The molecule has 1 aliphatic heterocycles. The number of carbonyl (C=O) groups is 2. The fraction of sp³-hybridized carbons (Fsp3) is 0.250. The predicted molar refractivity (Wildman–Crippen MR) is 98.7 cm³/mol. The van der Waals surface area contributed by atoms with Crippen molar-refractivity contribution in [3.8, 4) is 5.69 Å². The maximum atomic E-state index is 12.8. The van der Waals surface area contributed by atoms with Gasteiger partial charge in [-0.15, -0.1) is 0 Å². The number of furan rings is 1. The third-order valence-corrected chi connectivity index (χ3v) is 4.72. The molecule has 0 unspecified atom stereocenters. The Kier molecular flexibility index (Phi) is 4.74. The van der Waals surface area contributed by atoms with Crippen LogP contribution in [-0.2, 0) is 0 Å². The summed E-state index contributed by atoms with van der Waals surface area (Å²) in [5.74, 6) is 0.198. The fourth-order valence-electron chi connectivity index (χ4n) is 3.25. The molecule has 1 aromatic carbocycles. The maximum Gasteiger partial charge on any atom is 0.289 e. The molecule has 3 heterocycles. The topological polar surface area (TPSA) is 71.6 Å². The second-order valence-electron chi connectivity index (χ2n) is 6.43. The maximum absolute atomic E-state index is 12.8. The van der Waals surface area contributed by atoms with Crippen molar-refractivity contribution in [1.82, 2.24) is 19.4 Å². The summed E-state index contributed by atoms with van der Waals surface area (Å²) in [7, 11) is 0. The van der Waals surface area contributed by atoms with Gasteiger partial charge in [0, 0.05) is 49.8 Å². The van der Waals surface area contributed by atoms with E-state index in [-0.39, 0.29) is 11.8 Å². The Balaban J connectivity index is 1.41. The zero-order valence-corrected chi connectivity index (χ0v) is 14.8. The first-order chi connectivity index (χ1) is 13.2. The zero-order chi connectivity index (χ0) is 18.6. The van der Waals surface area contributed by atoms with Crippen LogP contribution in [0.25, 0.3) is 5.69 Å². The summed E-state index contributed by atoms with van der Waals surface area (Å²) in [5.41, 5.74) is 1.60. The van der Waals surface area contributed by atoms with E-state index in [1.54, 1.807) is 29.6 Å². The molecule has 1 aliphatic rings. The highest BCUT2D eigenvalue weighted by Gasteiger charge is 2.24. The average molecular weight is 364 g/mol. The molecule has 0 bridgehead atoms. The molecule has 3 aromatic rings. The predicted octanol–water partition coefficient (Wildman–Crippen LogP) is 2.45. The van der Waals surface area contributed by atoms with E-state index >= 15 is 0 Å². The number of rotatable bonds is 3. The molecule has 138 valence electrons. The molecule has 0 atom stereocenters. The Labute approximate surface area is 156 Å². The lowest BCUT2D eigenvalue weighted by molar-refractivity contribution is 0.0700. The number of hydrogen-bond acceptors (Lipinski definition) is 4. The van der Waals surface area contributed by atoms with Crippen LogP contribution in [0.1, 0.15) is 27.3 Å². The quantitative estimate of drug-likeness (QED) is 0.716. The van der Waals surface area contributed by atoms with Crippen molar-refractivity contribution in [3.05, 3.63) is 72.7 Å². The second-order valence-corrected chi connectivity index (χ2v) is 6.43. The first-order valence-corrected chi connectivity index (χ1v) is 8.93. The molecular weight excluding hydrogens is 344 g/mol. The minimum Gasteiger partial charge on any atom is -0.459 e. The zero-order valence-electron chi connectivity index (χ0n) is 14.8. The summed E-state index contributed by atoms with van der Waals surface area (Å²) >= 11 is 0. The van der Waals surface area contributed by atoms with E-state index < -0.39 is 0 Å². The largest absolute Gasteiger partial charge is 0.459 e. The van der Waals surface area contributed by atoms with Crippen LogP contribution in [0.2, 0.25) is 0 Å². The molecule has 7 nitrogen and oxygen atoms in total. The molecule has 2 amide bonds. The summed E-state index contributed by atoms with van der Waals surface area (Å²) in [5, 5.41) is 0. The molecule has 0 saturated carbocycles. The SMILES string of the molecule is O=C(c1ccc(-n2ccnc2)cc1)N1CCCN(C(=O)c2ccco2)CC1. The lowest BCUT2D eigenvalue weighted by Gasteiger charge is -2.22. The molecule has 7 heteroatoms. The van der Waals surface area contributed by atoms with Crippen LogP contribution < -0.4 is 0 Å². The van der Waals surface area contributed by atoms with Gasteiger partial charge in [0.15, 0.2) is 5.76 Å². The molecule has 27 heavy (non-hydrogen) atoms. The van der Waals surface area contributed by atoms with Gasteiger partial charge in [-0.05, 0) is 42.8 Å². The Morgan fingerprint density at radius 3 is 2.30 bits per heavy atom. The number of aromatic nitrogens is 2. The van der Waals surface area contributed by atoms with Crippen molar-refractivity contribution in [2.45, 2.75) is 6.42 Å². The molecule has 0 N–H and O–H groups in total. The van der Waals surface area contributed by atoms with Crippen LogP contribution in [0.5, 0.6) is 0 Å². The first kappa shape index (κ1) is 17.1. The molecule has 4 rings (SSSR count). The van der Waals surface area contributed by atoms with E-state index in [2.05, 4.69) is 4.98 Å². The van der Waals surface area contributed by atoms with Gasteiger partial charge in [0.25, 0.3) is 11.8 Å². The summed E-state index contributed by atoms with van der Waals surface area (Å²) in [6, 6.07) is 10.8. The van der Waals surface area contributed by atoms with Crippen molar-refractivity contribution in [2.24, 2.45) is 0 Å². The third-order valence-electron chi connectivity index (χ3n) is 4.72. The number of benzene rings is 1. The van der Waals surface area contributed by atoms with Gasteiger partial charge in [-0.2, -0.15) is 0 Å². The van der Waals surface area contributed by atoms with E-state index in [4.69, 9.17) is 4.42 Å². The molecule has 1 fully saturated rings. The van der Waals surface area contributed by atoms with Gasteiger partial charge in [0.2, 0.25) is 0 Å². The van der Waals surface area contributed by atoms with Crippen LogP contribution in [0.15, 0.2) is 65.8 Å². The van der Waals surface area contributed by atoms with Gasteiger partial charge in [-0.25, -0.2) is 4.98 Å². The van der Waals surface area contributed by atoms with Gasteiger partial charge in [-0.3, -0.25) is 9.59 Å². The van der Waals surface area contributed by atoms with Gasteiger partial charge in [0.1, 0.15) is 0 Å². The Hall–Kier alpha value is -3.35. The minimum absolute atomic E-state index is 0.0144. The molecule has 2 aromatic heterocycles. The molecular formula is C20H20N4O3. The number of nitrogens with zero attached hydrogens (tertiary/aromatic N) is 4. The third kappa shape index (κ3) is 3.62. The summed E-state index contributed by atoms with van der Waals surface area (Å²) in [6.45, 7) is 2.25. The summed E-state index contributed by atoms with van der Waals surface area (Å²) in [6.07, 6.45) is 7.53. The Morgan fingerprint density at radius 1 is 0.926 bits per heavy atom. The second kappa shape index (κ2) is 7.49. The van der Waals surface area contributed by atoms with Gasteiger partial charge in [-0.1, -0.05) is 0 Å². The number of hydrogen-bond donors (Lipinski definition) is 0. The number of carbonyl (C=O) groups excluding carboxylic acids is 2. The lowest BCUT2D eigenvalue weighted by atomic mass is 10.1. The van der Waals surface area contributed by atoms with Crippen LogP contribution >= 0.6 is 0 Å². The van der Waals surface area contributed by atoms with Crippen LogP contribution in [0.3, 0.4) is 0 Å². The first-order valence-electron chi connectivity index (χ1n) is 8.93. The minimum atomic E-state index is -0.126. The van der Waals surface area contributed by atoms with Crippen molar-refractivity contribution in [3.63, 3.8) is 0 Å². The molecule has 0 radical (unpaired) electrons. The van der Waals surface area contributed by atoms with Crippen molar-refractivity contribution in [1.29, 1.82) is 0 Å². The highest BCUT2D eigenvalue weighted by Crippen LogP contribution is 2.14. The molecule has 0 aliphatic carbocycles.